The normalized spacial score (nSPS) is 11.2. The predicted molar refractivity (Wildman–Crippen MR) is 82.5 cm³/mol. The summed E-state index contributed by atoms with van der Waals surface area (Å²) < 4.78 is 4.73. The lowest BCUT2D eigenvalue weighted by atomic mass is 10.1. The first-order valence-electron chi connectivity index (χ1n) is 6.33. The van der Waals surface area contributed by atoms with Crippen LogP contribution in [-0.2, 0) is 16.0 Å². The second-order valence-electron chi connectivity index (χ2n) is 4.21. The molecule has 102 valence electrons. The molecule has 0 N–H and O–H groups in total. The van der Waals surface area contributed by atoms with Crippen LogP contribution < -0.4 is 0 Å². The van der Waals surface area contributed by atoms with E-state index in [2.05, 4.69) is 12.1 Å². The summed E-state index contributed by atoms with van der Waals surface area (Å²) in [7, 11) is 1.39. The number of methoxy groups -OCH3 is 1. The van der Waals surface area contributed by atoms with Crippen molar-refractivity contribution < 1.29 is 9.53 Å². The molecule has 0 aliphatic heterocycles. The first-order valence-corrected chi connectivity index (χ1v) is 7.15. The van der Waals surface area contributed by atoms with Gasteiger partial charge in [0.15, 0.2) is 0 Å². The van der Waals surface area contributed by atoms with E-state index in [1.807, 2.05) is 48.5 Å². The molecule has 0 aliphatic carbocycles. The van der Waals surface area contributed by atoms with Gasteiger partial charge in [-0.25, -0.2) is 4.79 Å². The van der Waals surface area contributed by atoms with Crippen molar-refractivity contribution in [3.8, 4) is 0 Å². The number of carbonyl (C=O) groups excluding carboxylic acids is 1. The van der Waals surface area contributed by atoms with Crippen LogP contribution in [0.25, 0.3) is 0 Å². The molecule has 0 amide bonds. The molecule has 0 unspecified atom stereocenters. The average Bonchev–Trinajstić information content (AvgIpc) is 2.49. The highest BCUT2D eigenvalue weighted by Gasteiger charge is 2.06. The molecule has 0 radical (unpaired) electrons. The Balaban J connectivity index is 2.17. The molecule has 3 heteroatoms. The Kier molecular flexibility index (Phi) is 5.44. The SMILES string of the molecule is COC(=O)/C=C(\Cc1ccccc1)Sc1ccccc1. The number of ether oxygens (including phenoxy) is 1. The van der Waals surface area contributed by atoms with Gasteiger partial charge >= 0.3 is 5.97 Å². The minimum Gasteiger partial charge on any atom is -0.466 e. The molecule has 0 bridgehead atoms. The number of benzene rings is 2. The number of thioether (sulfide) groups is 1. The van der Waals surface area contributed by atoms with E-state index in [0.29, 0.717) is 0 Å². The molecule has 0 heterocycles. The van der Waals surface area contributed by atoms with E-state index in [0.717, 1.165) is 16.2 Å². The summed E-state index contributed by atoms with van der Waals surface area (Å²) in [6, 6.07) is 20.1. The average molecular weight is 284 g/mol. The molecule has 0 atom stereocenters. The van der Waals surface area contributed by atoms with E-state index < -0.39 is 0 Å². The van der Waals surface area contributed by atoms with Crippen molar-refractivity contribution >= 4 is 17.7 Å². The highest BCUT2D eigenvalue weighted by molar-refractivity contribution is 8.03. The summed E-state index contributed by atoms with van der Waals surface area (Å²) in [5.74, 6) is -0.320. The second kappa shape index (κ2) is 7.56. The largest absolute Gasteiger partial charge is 0.466 e. The molecule has 2 aromatic carbocycles. The van der Waals surface area contributed by atoms with Crippen LogP contribution in [0.5, 0.6) is 0 Å². The van der Waals surface area contributed by atoms with E-state index >= 15 is 0 Å². The van der Waals surface area contributed by atoms with Gasteiger partial charge in [0.2, 0.25) is 0 Å². The van der Waals surface area contributed by atoms with Crippen LogP contribution in [-0.4, -0.2) is 13.1 Å². The number of esters is 1. The molecule has 0 fully saturated rings. The molecule has 0 saturated heterocycles. The topological polar surface area (TPSA) is 26.3 Å². The van der Waals surface area contributed by atoms with Gasteiger partial charge in [0.25, 0.3) is 0 Å². The molecule has 0 aromatic heterocycles. The molecule has 20 heavy (non-hydrogen) atoms. The van der Waals surface area contributed by atoms with Crippen LogP contribution in [0.1, 0.15) is 5.56 Å². The van der Waals surface area contributed by atoms with Crippen molar-refractivity contribution in [2.75, 3.05) is 7.11 Å². The number of hydrogen-bond acceptors (Lipinski definition) is 3. The third-order valence-corrected chi connectivity index (χ3v) is 3.73. The smallest absolute Gasteiger partial charge is 0.331 e. The zero-order chi connectivity index (χ0) is 14.2. The molecule has 2 rings (SSSR count). The van der Waals surface area contributed by atoms with Crippen LogP contribution in [0.2, 0.25) is 0 Å². The van der Waals surface area contributed by atoms with E-state index in [4.69, 9.17) is 4.74 Å². The van der Waals surface area contributed by atoms with Crippen LogP contribution >= 0.6 is 11.8 Å². The van der Waals surface area contributed by atoms with Crippen LogP contribution in [0.4, 0.5) is 0 Å². The van der Waals surface area contributed by atoms with Gasteiger partial charge in [-0.3, -0.25) is 0 Å². The van der Waals surface area contributed by atoms with Gasteiger partial charge in [-0.2, -0.15) is 0 Å². The first-order chi connectivity index (χ1) is 9.78. The van der Waals surface area contributed by atoms with Gasteiger partial charge in [-0.15, -0.1) is 0 Å². The number of carbonyl (C=O) groups is 1. The van der Waals surface area contributed by atoms with E-state index in [-0.39, 0.29) is 5.97 Å². The zero-order valence-corrected chi connectivity index (χ0v) is 12.1. The third-order valence-electron chi connectivity index (χ3n) is 2.69. The maximum atomic E-state index is 11.5. The van der Waals surface area contributed by atoms with Gasteiger partial charge in [-0.1, -0.05) is 60.3 Å². The van der Waals surface area contributed by atoms with Gasteiger partial charge in [0.1, 0.15) is 0 Å². The van der Waals surface area contributed by atoms with Gasteiger partial charge in [-0.05, 0) is 17.7 Å². The van der Waals surface area contributed by atoms with Crippen molar-refractivity contribution in [3.63, 3.8) is 0 Å². The number of rotatable bonds is 5. The Hall–Kier alpha value is -2.00. The van der Waals surface area contributed by atoms with Crippen molar-refractivity contribution in [2.45, 2.75) is 11.3 Å². The number of allylic oxidation sites excluding steroid dienone is 1. The summed E-state index contributed by atoms with van der Waals surface area (Å²) in [4.78, 5) is 13.6. The maximum absolute atomic E-state index is 11.5. The Bertz CT molecular complexity index is 533. The van der Waals surface area contributed by atoms with Crippen molar-refractivity contribution in [1.82, 2.24) is 0 Å². The maximum Gasteiger partial charge on any atom is 0.331 e. The summed E-state index contributed by atoms with van der Waals surface area (Å²) in [5, 5.41) is 0. The molecule has 0 spiro atoms. The summed E-state index contributed by atoms with van der Waals surface area (Å²) >= 11 is 1.59. The van der Waals surface area contributed by atoms with Crippen LogP contribution in [0, 0.1) is 0 Å². The molecular formula is C17H16O2S. The van der Waals surface area contributed by atoms with E-state index in [1.54, 1.807) is 17.8 Å². The van der Waals surface area contributed by atoms with Crippen molar-refractivity contribution in [1.29, 1.82) is 0 Å². The van der Waals surface area contributed by atoms with Crippen molar-refractivity contribution in [2.24, 2.45) is 0 Å². The zero-order valence-electron chi connectivity index (χ0n) is 11.3. The standard InChI is InChI=1S/C17H16O2S/c1-19-17(18)13-16(12-14-8-4-2-5-9-14)20-15-10-6-3-7-11-15/h2-11,13H,12H2,1H3/b16-13+. The lowest BCUT2D eigenvalue weighted by Crippen LogP contribution is -1.98. The van der Waals surface area contributed by atoms with Gasteiger partial charge in [0, 0.05) is 22.3 Å². The summed E-state index contributed by atoms with van der Waals surface area (Å²) in [5.41, 5.74) is 1.17. The lowest BCUT2D eigenvalue weighted by Gasteiger charge is -2.07. The molecule has 0 saturated carbocycles. The second-order valence-corrected chi connectivity index (χ2v) is 5.41. The van der Waals surface area contributed by atoms with E-state index in [1.165, 1.54) is 12.7 Å². The molecule has 2 nitrogen and oxygen atoms in total. The van der Waals surface area contributed by atoms with Gasteiger partial charge in [0.05, 0.1) is 7.11 Å². The fraction of sp³-hybridized carbons (Fsp3) is 0.118. The lowest BCUT2D eigenvalue weighted by molar-refractivity contribution is -0.134. The summed E-state index contributed by atoms with van der Waals surface area (Å²) in [6.45, 7) is 0. The summed E-state index contributed by atoms with van der Waals surface area (Å²) in [6.07, 6.45) is 2.28. The molecular weight excluding hydrogens is 268 g/mol. The fourth-order valence-corrected chi connectivity index (χ4v) is 2.73. The Morgan fingerprint density at radius 2 is 1.65 bits per heavy atom. The van der Waals surface area contributed by atoms with Gasteiger partial charge < -0.3 is 4.74 Å². The quantitative estimate of drug-likeness (QED) is 0.470. The highest BCUT2D eigenvalue weighted by atomic mass is 32.2. The molecule has 2 aromatic rings. The Morgan fingerprint density at radius 1 is 1.05 bits per heavy atom. The minimum absolute atomic E-state index is 0.320. The Labute approximate surface area is 123 Å². The third kappa shape index (κ3) is 4.59. The van der Waals surface area contributed by atoms with E-state index in [9.17, 15) is 4.79 Å². The highest BCUT2D eigenvalue weighted by Crippen LogP contribution is 2.29. The monoisotopic (exact) mass is 284 g/mol. The van der Waals surface area contributed by atoms with Crippen LogP contribution in [0.3, 0.4) is 0 Å². The fourth-order valence-electron chi connectivity index (χ4n) is 1.74. The van der Waals surface area contributed by atoms with Crippen molar-refractivity contribution in [3.05, 3.63) is 77.2 Å². The molecule has 0 aliphatic rings. The van der Waals surface area contributed by atoms with Crippen LogP contribution in [0.15, 0.2) is 76.5 Å². The predicted octanol–water partition coefficient (Wildman–Crippen LogP) is 4.08. The Morgan fingerprint density at radius 3 is 2.25 bits per heavy atom. The minimum atomic E-state index is -0.320. The first kappa shape index (κ1) is 14.4. The number of hydrogen-bond donors (Lipinski definition) is 0.